The normalized spacial score (nSPS) is 15.5. The zero-order valence-electron chi connectivity index (χ0n) is 12.6. The van der Waals surface area contributed by atoms with E-state index >= 15 is 0 Å². The molecule has 2 aromatic rings. The molecule has 0 N–H and O–H groups in total. The average Bonchev–Trinajstić information content (AvgIpc) is 2.89. The van der Waals surface area contributed by atoms with Crippen molar-refractivity contribution < 1.29 is 19.4 Å². The van der Waals surface area contributed by atoms with Crippen LogP contribution in [0.1, 0.15) is 32.1 Å². The molecular weight excluding hydrogens is 500 g/mol. The third-order valence-electron chi connectivity index (χ3n) is 3.78. The van der Waals surface area contributed by atoms with E-state index < -0.39 is 0 Å². The second kappa shape index (κ2) is 9.08. The number of hydrogen-bond acceptors (Lipinski definition) is 1. The molecule has 0 bridgehead atoms. The molecule has 1 fully saturated rings. The van der Waals surface area contributed by atoms with Gasteiger partial charge in [0, 0.05) is 6.04 Å². The molecule has 0 spiro atoms. The van der Waals surface area contributed by atoms with Crippen LogP contribution in [0.4, 0.5) is 0 Å². The number of nitrogens with zero attached hydrogens (tertiary/aromatic N) is 3. The fourth-order valence-corrected chi connectivity index (χ4v) is 3.52. The Morgan fingerprint density at radius 1 is 1.05 bits per heavy atom. The third kappa shape index (κ3) is 5.09. The van der Waals surface area contributed by atoms with Crippen LogP contribution >= 0.6 is 23.6 Å². The number of benzene rings is 1. The van der Waals surface area contributed by atoms with Crippen molar-refractivity contribution in [1.29, 1.82) is 0 Å². The molecule has 6 heteroatoms. The summed E-state index contributed by atoms with van der Waals surface area (Å²) in [5.74, 6) is 0. The van der Waals surface area contributed by atoms with Gasteiger partial charge in [0.25, 0.3) is 0 Å². The van der Waals surface area contributed by atoms with E-state index in [9.17, 15) is 0 Å². The minimum atomic E-state index is 0.419. The number of aromatic nitrogens is 2. The Labute approximate surface area is 153 Å². The van der Waals surface area contributed by atoms with E-state index in [1.165, 1.54) is 32.7 Å². The fourth-order valence-electron chi connectivity index (χ4n) is 2.50. The minimum absolute atomic E-state index is 0.419. The zero-order valence-corrected chi connectivity index (χ0v) is 16.4. The van der Waals surface area contributed by atoms with Crippen LogP contribution in [0, 0.1) is 3.80 Å². The average molecular weight is 521 g/mol. The summed E-state index contributed by atoms with van der Waals surface area (Å²) in [4.78, 5) is 0. The van der Waals surface area contributed by atoms with Crippen molar-refractivity contribution in [3.63, 3.8) is 0 Å². The van der Waals surface area contributed by atoms with Crippen molar-refractivity contribution in [2.45, 2.75) is 38.1 Å². The Balaban J connectivity index is 0.000000172. The molecule has 0 radical (unpaired) electrons. The number of halogens is 2. The Bertz CT molecular complexity index is 616. The molecule has 3 rings (SSSR count). The number of para-hydroxylation sites is 1. The van der Waals surface area contributed by atoms with E-state index in [4.69, 9.17) is 23.6 Å². The molecule has 3 nitrogen and oxygen atoms in total. The summed E-state index contributed by atoms with van der Waals surface area (Å²) in [5.41, 5.74) is 1.20. The van der Waals surface area contributed by atoms with Crippen LogP contribution in [-0.4, -0.2) is 19.1 Å². The number of imidazole rings is 1. The molecule has 124 valence electrons. The van der Waals surface area contributed by atoms with E-state index in [0.29, 0.717) is 6.04 Å². The Morgan fingerprint density at radius 2 is 1.68 bits per heavy atom. The molecule has 0 amide bonds. The van der Waals surface area contributed by atoms with Gasteiger partial charge in [-0.25, -0.2) is 0 Å². The Kier molecular flexibility index (Phi) is 7.43. The molecule has 0 aliphatic heterocycles. The van der Waals surface area contributed by atoms with Gasteiger partial charge in [-0.15, -0.1) is 3.94 Å². The van der Waals surface area contributed by atoms with Gasteiger partial charge >= 0.3 is 87.8 Å². The first kappa shape index (κ1) is 18.0. The molecule has 1 aromatic carbocycles. The fraction of sp³-hybridized carbons (Fsp3) is 0.438. The van der Waals surface area contributed by atoms with Gasteiger partial charge in [0.15, 0.2) is 0 Å². The molecule has 0 saturated heterocycles. The van der Waals surface area contributed by atoms with E-state index in [0.717, 1.165) is 12.8 Å². The van der Waals surface area contributed by atoms with Gasteiger partial charge in [-0.1, -0.05) is 19.3 Å². The Hall–Kier alpha value is -0.342. The van der Waals surface area contributed by atoms with Gasteiger partial charge < -0.3 is 0 Å². The van der Waals surface area contributed by atoms with Crippen LogP contribution in [0.5, 0.6) is 0 Å². The Morgan fingerprint density at radius 3 is 2.14 bits per heavy atom. The topological polar surface area (TPSA) is 13.1 Å². The van der Waals surface area contributed by atoms with Gasteiger partial charge in [0.1, 0.15) is 0 Å². The van der Waals surface area contributed by atoms with Crippen LogP contribution in [0.25, 0.3) is 5.69 Å². The number of hydrogen-bond donors (Lipinski definition) is 0. The molecule has 0 atom stereocenters. The maximum atomic E-state index is 5.56. The van der Waals surface area contributed by atoms with Crippen molar-refractivity contribution in [2.75, 3.05) is 0 Å². The van der Waals surface area contributed by atoms with Crippen molar-refractivity contribution in [3.05, 3.63) is 46.5 Å². The predicted molar refractivity (Wildman–Crippen MR) is 88.4 cm³/mol. The standard InChI is InChI=1S/C10H10N2.C6H11Cl2N.Pt/c1-11-7-8-12(9-11)10-5-3-2-4-6-10;7-9(8)6-4-2-1-3-5-6;/h2-8H,1H3;6H,1-5H2;. The third-order valence-corrected chi connectivity index (χ3v) is 5.68. The summed E-state index contributed by atoms with van der Waals surface area (Å²) in [5, 5.41) is 0. The van der Waals surface area contributed by atoms with Gasteiger partial charge in [-0.2, -0.15) is 0 Å². The van der Waals surface area contributed by atoms with Crippen LogP contribution in [0.2, 0.25) is 0 Å². The second-order valence-corrected chi connectivity index (χ2v) is 7.32. The van der Waals surface area contributed by atoms with E-state index in [-0.39, 0.29) is 0 Å². The monoisotopic (exact) mass is 520 g/mol. The van der Waals surface area contributed by atoms with E-state index in [1.807, 2.05) is 25.2 Å². The molecule has 1 aliphatic carbocycles. The van der Waals surface area contributed by atoms with Gasteiger partial charge in [0.2, 0.25) is 0 Å². The van der Waals surface area contributed by atoms with Crippen LogP contribution < -0.4 is 0 Å². The van der Waals surface area contributed by atoms with Crippen LogP contribution in [0.15, 0.2) is 42.7 Å². The van der Waals surface area contributed by atoms with E-state index in [1.54, 1.807) is 0 Å². The summed E-state index contributed by atoms with van der Waals surface area (Å²) in [6, 6.07) is 10.7. The van der Waals surface area contributed by atoms with Crippen molar-refractivity contribution in [2.24, 2.45) is 7.05 Å². The number of aryl methyl sites for hydroxylation is 1. The van der Waals surface area contributed by atoms with Crippen LogP contribution in [-0.2, 0) is 26.4 Å². The summed E-state index contributed by atoms with van der Waals surface area (Å²) in [6.45, 7) is 0. The number of rotatable bonds is 2. The molecule has 0 unspecified atom stereocenters. The zero-order chi connectivity index (χ0) is 15.9. The SMILES string of the molecule is ClN(Cl)C1CCCCC1.Cn1ccn(-c2ccccc2)[c]1=[Pt]. The first-order valence-corrected chi connectivity index (χ1v) is 9.26. The summed E-state index contributed by atoms with van der Waals surface area (Å²) in [6.07, 6.45) is 10.3. The molecule has 1 aliphatic rings. The van der Waals surface area contributed by atoms with Gasteiger partial charge in [0.05, 0.1) is 0 Å². The molecular formula is C16H21Cl2N3Pt. The van der Waals surface area contributed by atoms with Crippen molar-refractivity contribution in [3.8, 4) is 5.69 Å². The molecule has 1 saturated carbocycles. The summed E-state index contributed by atoms with van der Waals surface area (Å²) >= 11 is 13.4. The molecule has 22 heavy (non-hydrogen) atoms. The first-order chi connectivity index (χ1) is 10.6. The van der Waals surface area contributed by atoms with Crippen molar-refractivity contribution in [1.82, 2.24) is 13.1 Å². The van der Waals surface area contributed by atoms with Crippen molar-refractivity contribution >= 4 is 23.6 Å². The first-order valence-electron chi connectivity index (χ1n) is 7.45. The maximum absolute atomic E-state index is 5.56. The molecule has 1 heterocycles. The molecule has 1 aromatic heterocycles. The predicted octanol–water partition coefficient (Wildman–Crippen LogP) is 4.82. The summed E-state index contributed by atoms with van der Waals surface area (Å²) in [7, 11) is 2.04. The summed E-state index contributed by atoms with van der Waals surface area (Å²) < 4.78 is 6.75. The van der Waals surface area contributed by atoms with Gasteiger partial charge in [-0.05, 0) is 36.4 Å². The van der Waals surface area contributed by atoms with Crippen LogP contribution in [0.3, 0.4) is 0 Å². The quantitative estimate of drug-likeness (QED) is 0.517. The van der Waals surface area contributed by atoms with Gasteiger partial charge in [-0.3, -0.25) is 0 Å². The second-order valence-electron chi connectivity index (χ2n) is 5.41. The van der Waals surface area contributed by atoms with E-state index in [2.05, 4.69) is 53.0 Å².